The van der Waals surface area contributed by atoms with Crippen molar-refractivity contribution in [3.8, 4) is 11.4 Å². The number of fused-ring (bicyclic) bond motifs is 1. The van der Waals surface area contributed by atoms with E-state index in [0.717, 1.165) is 36.5 Å². The molecule has 0 N–H and O–H groups in total. The van der Waals surface area contributed by atoms with Crippen molar-refractivity contribution in [1.29, 1.82) is 0 Å². The molecule has 0 amide bonds. The second-order valence-electron chi connectivity index (χ2n) is 7.15. The maximum atomic E-state index is 14.3. The van der Waals surface area contributed by atoms with Gasteiger partial charge in [0.15, 0.2) is 5.65 Å². The first-order chi connectivity index (χ1) is 14.2. The molecule has 1 unspecified atom stereocenters. The lowest BCUT2D eigenvalue weighted by Gasteiger charge is -2.18. The van der Waals surface area contributed by atoms with E-state index in [4.69, 9.17) is 4.74 Å². The van der Waals surface area contributed by atoms with Gasteiger partial charge in [0.05, 0.1) is 18.7 Å². The van der Waals surface area contributed by atoms with E-state index >= 15 is 0 Å². The summed E-state index contributed by atoms with van der Waals surface area (Å²) >= 11 is 0. The number of halogens is 1. The van der Waals surface area contributed by atoms with Gasteiger partial charge in [0.25, 0.3) is 0 Å². The van der Waals surface area contributed by atoms with Crippen LogP contribution in [-0.2, 0) is 0 Å². The summed E-state index contributed by atoms with van der Waals surface area (Å²) in [4.78, 5) is 11.1. The minimum absolute atomic E-state index is 0.335. The molecule has 2 aromatic carbocycles. The summed E-state index contributed by atoms with van der Waals surface area (Å²) in [6.07, 6.45) is 4.29. The molecule has 0 saturated carbocycles. The lowest BCUT2D eigenvalue weighted by atomic mass is 9.98. The molecular formula is C22H20FN5O. The SMILES string of the molecule is COc1ccc(C2CCN(c3ncnc4c3cnn4-c3ccccc3F)C2)cc1. The predicted octanol–water partition coefficient (Wildman–Crippen LogP) is 3.96. The van der Waals surface area contributed by atoms with Crippen molar-refractivity contribution >= 4 is 16.9 Å². The Balaban J connectivity index is 1.46. The Morgan fingerprint density at radius 1 is 1.07 bits per heavy atom. The molecule has 2 aromatic heterocycles. The molecule has 3 heterocycles. The van der Waals surface area contributed by atoms with Crippen LogP contribution in [0.25, 0.3) is 16.7 Å². The van der Waals surface area contributed by atoms with Crippen LogP contribution in [0.3, 0.4) is 0 Å². The van der Waals surface area contributed by atoms with Crippen LogP contribution in [0, 0.1) is 5.82 Å². The van der Waals surface area contributed by atoms with E-state index in [1.54, 1.807) is 31.5 Å². The van der Waals surface area contributed by atoms with Crippen LogP contribution in [0.4, 0.5) is 10.2 Å². The maximum Gasteiger partial charge on any atom is 0.168 e. The summed E-state index contributed by atoms with van der Waals surface area (Å²) in [5.74, 6) is 1.79. The molecule has 1 fully saturated rings. The highest BCUT2D eigenvalue weighted by Gasteiger charge is 2.27. The van der Waals surface area contributed by atoms with Crippen LogP contribution in [-0.4, -0.2) is 39.9 Å². The molecule has 4 aromatic rings. The zero-order valence-corrected chi connectivity index (χ0v) is 16.0. The second-order valence-corrected chi connectivity index (χ2v) is 7.15. The Labute approximate surface area is 167 Å². The fourth-order valence-electron chi connectivity index (χ4n) is 3.98. The number of anilines is 1. The van der Waals surface area contributed by atoms with Crippen molar-refractivity contribution in [2.75, 3.05) is 25.1 Å². The summed E-state index contributed by atoms with van der Waals surface area (Å²) in [6.45, 7) is 1.76. The van der Waals surface area contributed by atoms with E-state index in [9.17, 15) is 4.39 Å². The molecular weight excluding hydrogens is 369 g/mol. The molecule has 1 aliphatic heterocycles. The fourth-order valence-corrected chi connectivity index (χ4v) is 3.98. The highest BCUT2D eigenvalue weighted by molar-refractivity contribution is 5.87. The standard InChI is InChI=1S/C22H20FN5O/c1-29-17-8-6-15(7-9-17)16-10-11-27(13-16)21-18-12-26-28(22(18)25-14-24-21)20-5-3-2-4-19(20)23/h2-9,12,14,16H,10-11,13H2,1H3. The van der Waals surface area contributed by atoms with E-state index in [2.05, 4.69) is 32.1 Å². The Bertz CT molecular complexity index is 1160. The van der Waals surface area contributed by atoms with Crippen molar-refractivity contribution in [3.63, 3.8) is 0 Å². The number of para-hydroxylation sites is 1. The first kappa shape index (κ1) is 17.6. The molecule has 1 atom stereocenters. The highest BCUT2D eigenvalue weighted by Crippen LogP contribution is 2.33. The zero-order chi connectivity index (χ0) is 19.8. The fraction of sp³-hybridized carbons (Fsp3) is 0.227. The second kappa shape index (κ2) is 7.16. The lowest BCUT2D eigenvalue weighted by molar-refractivity contribution is 0.414. The van der Waals surface area contributed by atoms with Gasteiger partial charge in [-0.05, 0) is 36.2 Å². The Kier molecular flexibility index (Phi) is 4.35. The van der Waals surface area contributed by atoms with Gasteiger partial charge in [-0.1, -0.05) is 24.3 Å². The van der Waals surface area contributed by atoms with Gasteiger partial charge in [-0.25, -0.2) is 19.0 Å². The number of benzene rings is 2. The quantitative estimate of drug-likeness (QED) is 0.529. The van der Waals surface area contributed by atoms with Gasteiger partial charge in [0.2, 0.25) is 0 Å². The summed E-state index contributed by atoms with van der Waals surface area (Å²) in [5.41, 5.74) is 2.28. The van der Waals surface area contributed by atoms with Crippen LogP contribution in [0.2, 0.25) is 0 Å². The average Bonchev–Trinajstić information content (AvgIpc) is 3.42. The Morgan fingerprint density at radius 3 is 2.69 bits per heavy atom. The van der Waals surface area contributed by atoms with E-state index in [1.165, 1.54) is 22.6 Å². The van der Waals surface area contributed by atoms with Crippen LogP contribution in [0.15, 0.2) is 61.1 Å². The minimum Gasteiger partial charge on any atom is -0.497 e. The molecule has 0 radical (unpaired) electrons. The number of methoxy groups -OCH3 is 1. The molecule has 29 heavy (non-hydrogen) atoms. The van der Waals surface area contributed by atoms with Gasteiger partial charge in [-0.2, -0.15) is 5.10 Å². The largest absolute Gasteiger partial charge is 0.497 e. The van der Waals surface area contributed by atoms with Gasteiger partial charge in [-0.15, -0.1) is 0 Å². The van der Waals surface area contributed by atoms with Gasteiger partial charge in [-0.3, -0.25) is 0 Å². The third-order valence-corrected chi connectivity index (χ3v) is 5.50. The zero-order valence-electron chi connectivity index (χ0n) is 16.0. The normalized spacial score (nSPS) is 16.5. The van der Waals surface area contributed by atoms with Crippen LogP contribution in [0.5, 0.6) is 5.75 Å². The van der Waals surface area contributed by atoms with Gasteiger partial charge in [0, 0.05) is 19.0 Å². The molecule has 0 spiro atoms. The van der Waals surface area contributed by atoms with Crippen molar-refractivity contribution in [2.24, 2.45) is 0 Å². The summed E-state index contributed by atoms with van der Waals surface area (Å²) in [5, 5.41) is 5.21. The topological polar surface area (TPSA) is 56.1 Å². The molecule has 146 valence electrons. The van der Waals surface area contributed by atoms with Crippen molar-refractivity contribution in [3.05, 3.63) is 72.4 Å². The van der Waals surface area contributed by atoms with Crippen LogP contribution < -0.4 is 9.64 Å². The molecule has 5 rings (SSSR count). The van der Waals surface area contributed by atoms with E-state index in [0.29, 0.717) is 17.3 Å². The molecule has 1 aliphatic rings. The summed E-state index contributed by atoms with van der Waals surface area (Å²) < 4.78 is 21.0. The van der Waals surface area contributed by atoms with E-state index in [-0.39, 0.29) is 5.82 Å². The predicted molar refractivity (Wildman–Crippen MR) is 109 cm³/mol. The summed E-state index contributed by atoms with van der Waals surface area (Å²) in [6, 6.07) is 14.8. The third kappa shape index (κ3) is 3.08. The first-order valence-electron chi connectivity index (χ1n) is 9.57. The number of rotatable bonds is 4. The monoisotopic (exact) mass is 389 g/mol. The first-order valence-corrected chi connectivity index (χ1v) is 9.57. The van der Waals surface area contributed by atoms with Crippen molar-refractivity contribution in [1.82, 2.24) is 19.7 Å². The number of nitrogens with zero attached hydrogens (tertiary/aromatic N) is 5. The van der Waals surface area contributed by atoms with E-state index < -0.39 is 0 Å². The molecule has 7 heteroatoms. The Morgan fingerprint density at radius 2 is 1.90 bits per heavy atom. The minimum atomic E-state index is -0.335. The molecule has 0 aliphatic carbocycles. The van der Waals surface area contributed by atoms with Gasteiger partial charge >= 0.3 is 0 Å². The van der Waals surface area contributed by atoms with Crippen LogP contribution in [0.1, 0.15) is 17.9 Å². The van der Waals surface area contributed by atoms with Crippen LogP contribution >= 0.6 is 0 Å². The Hall–Kier alpha value is -3.48. The lowest BCUT2D eigenvalue weighted by Crippen LogP contribution is -2.20. The maximum absolute atomic E-state index is 14.3. The average molecular weight is 389 g/mol. The number of hydrogen-bond donors (Lipinski definition) is 0. The number of hydrogen-bond acceptors (Lipinski definition) is 5. The molecule has 1 saturated heterocycles. The summed E-state index contributed by atoms with van der Waals surface area (Å²) in [7, 11) is 1.67. The smallest absolute Gasteiger partial charge is 0.168 e. The molecule has 0 bridgehead atoms. The third-order valence-electron chi connectivity index (χ3n) is 5.50. The number of ether oxygens (including phenoxy) is 1. The molecule has 6 nitrogen and oxygen atoms in total. The van der Waals surface area contributed by atoms with Gasteiger partial charge < -0.3 is 9.64 Å². The van der Waals surface area contributed by atoms with Crippen molar-refractivity contribution < 1.29 is 9.13 Å². The van der Waals surface area contributed by atoms with Crippen molar-refractivity contribution in [2.45, 2.75) is 12.3 Å². The van der Waals surface area contributed by atoms with E-state index in [1.807, 2.05) is 12.1 Å². The van der Waals surface area contributed by atoms with Gasteiger partial charge in [0.1, 0.15) is 29.4 Å². The highest BCUT2D eigenvalue weighted by atomic mass is 19.1. The number of aromatic nitrogens is 4.